The van der Waals surface area contributed by atoms with E-state index in [1.807, 2.05) is 41.0 Å². The molecule has 0 bridgehead atoms. The van der Waals surface area contributed by atoms with Crippen LogP contribution in [0.5, 0.6) is 0 Å². The molecular formula is C28H33FN4O3. The topological polar surface area (TPSA) is 64.2 Å². The Morgan fingerprint density at radius 2 is 1.31 bits per heavy atom. The van der Waals surface area contributed by atoms with Gasteiger partial charge in [0.25, 0.3) is 0 Å². The molecule has 3 amide bonds. The quantitative estimate of drug-likeness (QED) is 0.658. The van der Waals surface area contributed by atoms with Crippen LogP contribution in [0.4, 0.5) is 15.8 Å². The third-order valence-corrected chi connectivity index (χ3v) is 7.76. The Kier molecular flexibility index (Phi) is 6.94. The van der Waals surface area contributed by atoms with Crippen molar-refractivity contribution in [1.82, 2.24) is 9.80 Å². The molecule has 0 spiro atoms. The molecule has 0 saturated carbocycles. The molecule has 3 fully saturated rings. The Bertz CT molecular complexity index is 1100. The number of nitrogens with zero attached hydrogens (tertiary/aromatic N) is 4. The number of hydrogen-bond donors (Lipinski definition) is 0. The van der Waals surface area contributed by atoms with Crippen molar-refractivity contribution in [2.75, 3.05) is 55.6 Å². The van der Waals surface area contributed by atoms with Crippen LogP contribution in [0.3, 0.4) is 0 Å². The molecule has 0 aromatic heterocycles. The predicted molar refractivity (Wildman–Crippen MR) is 136 cm³/mol. The van der Waals surface area contributed by atoms with Crippen LogP contribution < -0.4 is 9.80 Å². The Morgan fingerprint density at radius 3 is 1.94 bits per heavy atom. The standard InChI is InChI=1S/C28H33FN4O3/c1-20-2-6-25(7-3-20)33-19-22(18-26(33)34)28(36)31-12-10-21(11-13-31)27(35)32-16-14-30(15-17-32)24-8-4-23(29)5-9-24/h2-9,21-22H,10-19H2,1H3/t22-/m0/s1. The first-order valence-corrected chi connectivity index (χ1v) is 12.8. The summed E-state index contributed by atoms with van der Waals surface area (Å²) in [5, 5.41) is 0. The number of aryl methyl sites for hydroxylation is 1. The van der Waals surface area contributed by atoms with E-state index in [4.69, 9.17) is 0 Å². The fraction of sp³-hybridized carbons (Fsp3) is 0.464. The summed E-state index contributed by atoms with van der Waals surface area (Å²) in [7, 11) is 0. The van der Waals surface area contributed by atoms with Crippen LogP contribution >= 0.6 is 0 Å². The number of halogens is 1. The highest BCUT2D eigenvalue weighted by Gasteiger charge is 2.39. The summed E-state index contributed by atoms with van der Waals surface area (Å²) in [5.41, 5.74) is 2.94. The van der Waals surface area contributed by atoms with E-state index in [1.54, 1.807) is 17.0 Å². The van der Waals surface area contributed by atoms with E-state index in [2.05, 4.69) is 4.90 Å². The summed E-state index contributed by atoms with van der Waals surface area (Å²) in [6.07, 6.45) is 1.56. The number of piperazine rings is 1. The average molecular weight is 493 g/mol. The molecule has 0 aliphatic carbocycles. The summed E-state index contributed by atoms with van der Waals surface area (Å²) < 4.78 is 13.2. The summed E-state index contributed by atoms with van der Waals surface area (Å²) in [6.45, 7) is 6.27. The number of likely N-dealkylation sites (tertiary alicyclic amines) is 1. The lowest BCUT2D eigenvalue weighted by atomic mass is 9.93. The molecule has 0 radical (unpaired) electrons. The van der Waals surface area contributed by atoms with Gasteiger partial charge in [-0.15, -0.1) is 0 Å². The van der Waals surface area contributed by atoms with Crippen LogP contribution in [0, 0.1) is 24.6 Å². The van der Waals surface area contributed by atoms with Gasteiger partial charge in [-0.05, 0) is 56.2 Å². The Labute approximate surface area is 211 Å². The highest BCUT2D eigenvalue weighted by molar-refractivity contribution is 6.00. The first-order chi connectivity index (χ1) is 17.4. The van der Waals surface area contributed by atoms with Crippen molar-refractivity contribution in [3.05, 3.63) is 59.9 Å². The lowest BCUT2D eigenvalue weighted by Gasteiger charge is -2.39. The molecule has 3 aliphatic rings. The fourth-order valence-corrected chi connectivity index (χ4v) is 5.55. The second kappa shape index (κ2) is 10.3. The normalized spacial score (nSPS) is 21.3. The van der Waals surface area contributed by atoms with Crippen molar-refractivity contribution in [2.24, 2.45) is 11.8 Å². The van der Waals surface area contributed by atoms with E-state index in [0.29, 0.717) is 45.6 Å². The fourth-order valence-electron chi connectivity index (χ4n) is 5.55. The van der Waals surface area contributed by atoms with Crippen LogP contribution in [0.1, 0.15) is 24.8 Å². The van der Waals surface area contributed by atoms with Crippen molar-refractivity contribution in [3.8, 4) is 0 Å². The molecule has 8 heteroatoms. The highest BCUT2D eigenvalue weighted by Crippen LogP contribution is 2.29. The van der Waals surface area contributed by atoms with E-state index in [9.17, 15) is 18.8 Å². The zero-order valence-corrected chi connectivity index (χ0v) is 20.7. The number of hydrogen-bond acceptors (Lipinski definition) is 4. The molecule has 0 unspecified atom stereocenters. The maximum absolute atomic E-state index is 13.2. The van der Waals surface area contributed by atoms with E-state index in [-0.39, 0.29) is 41.8 Å². The number of amides is 3. The minimum absolute atomic E-state index is 0.0120. The number of piperidine rings is 1. The minimum atomic E-state index is -0.328. The molecule has 36 heavy (non-hydrogen) atoms. The minimum Gasteiger partial charge on any atom is -0.368 e. The Morgan fingerprint density at radius 1 is 0.750 bits per heavy atom. The molecule has 5 rings (SSSR count). The van der Waals surface area contributed by atoms with Gasteiger partial charge >= 0.3 is 0 Å². The molecular weight excluding hydrogens is 459 g/mol. The van der Waals surface area contributed by atoms with Gasteiger partial charge < -0.3 is 19.6 Å². The second-order valence-electron chi connectivity index (χ2n) is 10.1. The summed E-state index contributed by atoms with van der Waals surface area (Å²) in [6, 6.07) is 14.3. The maximum atomic E-state index is 13.2. The lowest BCUT2D eigenvalue weighted by molar-refractivity contribution is -0.142. The van der Waals surface area contributed by atoms with Crippen molar-refractivity contribution < 1.29 is 18.8 Å². The van der Waals surface area contributed by atoms with E-state index in [0.717, 1.165) is 30.0 Å². The number of anilines is 2. The van der Waals surface area contributed by atoms with Crippen LogP contribution in [-0.2, 0) is 14.4 Å². The zero-order valence-electron chi connectivity index (χ0n) is 20.7. The van der Waals surface area contributed by atoms with Crippen molar-refractivity contribution in [3.63, 3.8) is 0 Å². The second-order valence-corrected chi connectivity index (χ2v) is 10.1. The smallest absolute Gasteiger partial charge is 0.228 e. The molecule has 0 N–H and O–H groups in total. The molecule has 7 nitrogen and oxygen atoms in total. The van der Waals surface area contributed by atoms with Gasteiger partial charge in [0.2, 0.25) is 17.7 Å². The Balaban J connectivity index is 1.10. The van der Waals surface area contributed by atoms with Crippen molar-refractivity contribution in [2.45, 2.75) is 26.2 Å². The molecule has 3 heterocycles. The zero-order chi connectivity index (χ0) is 25.2. The monoisotopic (exact) mass is 492 g/mol. The number of rotatable bonds is 4. The van der Waals surface area contributed by atoms with Gasteiger partial charge in [0.15, 0.2) is 0 Å². The number of carbonyl (C=O) groups is 3. The van der Waals surface area contributed by atoms with Gasteiger partial charge in [-0.3, -0.25) is 14.4 Å². The molecule has 3 saturated heterocycles. The van der Waals surface area contributed by atoms with Gasteiger partial charge in [0.1, 0.15) is 5.82 Å². The first kappa shape index (κ1) is 24.3. The van der Waals surface area contributed by atoms with Gasteiger partial charge in [0.05, 0.1) is 5.92 Å². The summed E-state index contributed by atoms with van der Waals surface area (Å²) in [5.74, 6) is -0.465. The van der Waals surface area contributed by atoms with Crippen LogP contribution in [0.25, 0.3) is 0 Å². The van der Waals surface area contributed by atoms with Gasteiger partial charge in [-0.1, -0.05) is 17.7 Å². The number of carbonyl (C=O) groups excluding carboxylic acids is 3. The maximum Gasteiger partial charge on any atom is 0.228 e. The Hall–Kier alpha value is -3.42. The van der Waals surface area contributed by atoms with Gasteiger partial charge in [-0.2, -0.15) is 0 Å². The largest absolute Gasteiger partial charge is 0.368 e. The summed E-state index contributed by atoms with van der Waals surface area (Å²) in [4.78, 5) is 46.6. The number of benzene rings is 2. The molecule has 2 aromatic rings. The molecule has 1 atom stereocenters. The lowest BCUT2D eigenvalue weighted by Crippen LogP contribution is -2.52. The van der Waals surface area contributed by atoms with Gasteiger partial charge in [0, 0.05) is 69.5 Å². The molecule has 3 aliphatic heterocycles. The first-order valence-electron chi connectivity index (χ1n) is 12.8. The van der Waals surface area contributed by atoms with E-state index < -0.39 is 0 Å². The summed E-state index contributed by atoms with van der Waals surface area (Å²) >= 11 is 0. The highest BCUT2D eigenvalue weighted by atomic mass is 19.1. The van der Waals surface area contributed by atoms with E-state index >= 15 is 0 Å². The average Bonchev–Trinajstić information content (AvgIpc) is 3.30. The third kappa shape index (κ3) is 5.08. The van der Waals surface area contributed by atoms with Crippen molar-refractivity contribution in [1.29, 1.82) is 0 Å². The van der Waals surface area contributed by atoms with Crippen molar-refractivity contribution >= 4 is 29.1 Å². The molecule has 190 valence electrons. The van der Waals surface area contributed by atoms with E-state index in [1.165, 1.54) is 12.1 Å². The SMILES string of the molecule is Cc1ccc(N2C[C@@H](C(=O)N3CCC(C(=O)N4CCN(c5ccc(F)cc5)CC4)CC3)CC2=O)cc1. The van der Waals surface area contributed by atoms with Crippen LogP contribution in [0.15, 0.2) is 48.5 Å². The van der Waals surface area contributed by atoms with Crippen LogP contribution in [0.2, 0.25) is 0 Å². The van der Waals surface area contributed by atoms with Crippen LogP contribution in [-0.4, -0.2) is 73.3 Å². The third-order valence-electron chi connectivity index (χ3n) is 7.76. The molecule has 2 aromatic carbocycles. The predicted octanol–water partition coefficient (Wildman–Crippen LogP) is 3.07. The van der Waals surface area contributed by atoms with Gasteiger partial charge in [-0.25, -0.2) is 4.39 Å².